The fourth-order valence-corrected chi connectivity index (χ4v) is 3.85. The van der Waals surface area contributed by atoms with Crippen molar-refractivity contribution in [3.8, 4) is 0 Å². The normalized spacial score (nSPS) is 31.2. The second kappa shape index (κ2) is 5.26. The molecule has 0 spiro atoms. The van der Waals surface area contributed by atoms with Crippen LogP contribution in [0.3, 0.4) is 0 Å². The van der Waals surface area contributed by atoms with Crippen LogP contribution < -0.4 is 5.32 Å². The topological polar surface area (TPSA) is 21.3 Å². The molecule has 3 rings (SSSR count). The van der Waals surface area contributed by atoms with Gasteiger partial charge < -0.3 is 10.1 Å². The van der Waals surface area contributed by atoms with Crippen LogP contribution in [0.15, 0.2) is 24.3 Å². The van der Waals surface area contributed by atoms with E-state index in [0.29, 0.717) is 12.0 Å². The number of nitrogens with one attached hydrogen (secondary N) is 1. The maximum absolute atomic E-state index is 6.11. The molecule has 2 fully saturated rings. The van der Waals surface area contributed by atoms with Gasteiger partial charge in [-0.1, -0.05) is 51.0 Å². The van der Waals surface area contributed by atoms with Gasteiger partial charge in [-0.15, -0.1) is 0 Å². The van der Waals surface area contributed by atoms with E-state index in [0.717, 1.165) is 13.2 Å². The fraction of sp³-hybridized carbons (Fsp3) is 0.647. The van der Waals surface area contributed by atoms with Crippen molar-refractivity contribution in [2.75, 3.05) is 13.2 Å². The zero-order chi connectivity index (χ0) is 13.3. The number of rotatable bonds is 2. The third-order valence-electron chi connectivity index (χ3n) is 4.76. The number of hydrogen-bond donors (Lipinski definition) is 1. The summed E-state index contributed by atoms with van der Waals surface area (Å²) in [6.07, 6.45) is 5.37. The average molecular weight is 259 g/mol. The van der Waals surface area contributed by atoms with E-state index in [4.69, 9.17) is 4.74 Å². The molecule has 0 aromatic heterocycles. The molecule has 104 valence electrons. The van der Waals surface area contributed by atoms with Crippen molar-refractivity contribution in [2.24, 2.45) is 0 Å². The monoisotopic (exact) mass is 259 g/mol. The minimum Gasteiger partial charge on any atom is -0.375 e. The second-order valence-corrected chi connectivity index (χ2v) is 6.25. The van der Waals surface area contributed by atoms with Gasteiger partial charge >= 0.3 is 0 Å². The van der Waals surface area contributed by atoms with Crippen LogP contribution in [-0.2, 0) is 10.3 Å². The van der Waals surface area contributed by atoms with Crippen molar-refractivity contribution in [3.05, 3.63) is 35.4 Å². The first-order chi connectivity index (χ1) is 9.24. The Morgan fingerprint density at radius 1 is 1.26 bits per heavy atom. The van der Waals surface area contributed by atoms with Crippen LogP contribution in [-0.4, -0.2) is 19.3 Å². The lowest BCUT2D eigenvalue weighted by atomic mass is 9.71. The Labute approximate surface area is 116 Å². The molecule has 2 unspecified atom stereocenters. The minimum atomic E-state index is 0.0668. The Balaban J connectivity index is 2.06. The number of benzene rings is 1. The van der Waals surface area contributed by atoms with Gasteiger partial charge in [0.1, 0.15) is 0 Å². The van der Waals surface area contributed by atoms with E-state index >= 15 is 0 Å². The summed E-state index contributed by atoms with van der Waals surface area (Å²) >= 11 is 0. The standard InChI is InChI=1S/C17H25NO/c1-13(2)14-7-3-4-8-15(14)17-10-6-5-9-16(17)19-12-11-18-17/h3-4,7-8,13,16,18H,5-6,9-12H2,1-2H3. The van der Waals surface area contributed by atoms with Crippen LogP contribution in [0.4, 0.5) is 0 Å². The van der Waals surface area contributed by atoms with Gasteiger partial charge in [0.15, 0.2) is 0 Å². The third-order valence-corrected chi connectivity index (χ3v) is 4.76. The van der Waals surface area contributed by atoms with Gasteiger partial charge in [-0.25, -0.2) is 0 Å². The molecule has 1 aliphatic heterocycles. The van der Waals surface area contributed by atoms with Crippen LogP contribution in [0.5, 0.6) is 0 Å². The summed E-state index contributed by atoms with van der Waals surface area (Å²) in [5.74, 6) is 0.567. The Kier molecular flexibility index (Phi) is 3.64. The Hall–Kier alpha value is -0.860. The molecule has 1 saturated heterocycles. The molecule has 2 aliphatic rings. The van der Waals surface area contributed by atoms with Crippen molar-refractivity contribution in [3.63, 3.8) is 0 Å². The first-order valence-corrected chi connectivity index (χ1v) is 7.70. The summed E-state index contributed by atoms with van der Waals surface area (Å²) in [6.45, 7) is 6.41. The van der Waals surface area contributed by atoms with Crippen molar-refractivity contribution in [1.29, 1.82) is 0 Å². The highest BCUT2D eigenvalue weighted by Gasteiger charge is 2.45. The van der Waals surface area contributed by atoms with Crippen LogP contribution >= 0.6 is 0 Å². The number of morpholine rings is 1. The molecule has 0 bridgehead atoms. The van der Waals surface area contributed by atoms with Gasteiger partial charge in [0.25, 0.3) is 0 Å². The van der Waals surface area contributed by atoms with Crippen molar-refractivity contribution >= 4 is 0 Å². The zero-order valence-electron chi connectivity index (χ0n) is 12.1. The maximum Gasteiger partial charge on any atom is 0.0799 e. The first-order valence-electron chi connectivity index (χ1n) is 7.70. The molecule has 1 aromatic carbocycles. The van der Waals surface area contributed by atoms with Gasteiger partial charge in [0.05, 0.1) is 18.2 Å². The molecule has 0 amide bonds. The van der Waals surface area contributed by atoms with Crippen LogP contribution in [0.1, 0.15) is 56.6 Å². The Bertz CT molecular complexity index is 429. The van der Waals surface area contributed by atoms with Crippen LogP contribution in [0.25, 0.3) is 0 Å². The van der Waals surface area contributed by atoms with Crippen molar-refractivity contribution in [1.82, 2.24) is 5.32 Å². The molecule has 2 nitrogen and oxygen atoms in total. The highest BCUT2D eigenvalue weighted by atomic mass is 16.5. The second-order valence-electron chi connectivity index (χ2n) is 6.25. The molecule has 1 N–H and O–H groups in total. The molecule has 2 heteroatoms. The summed E-state index contributed by atoms with van der Waals surface area (Å²) in [6, 6.07) is 8.95. The highest BCUT2D eigenvalue weighted by Crippen LogP contribution is 2.43. The zero-order valence-corrected chi connectivity index (χ0v) is 12.1. The van der Waals surface area contributed by atoms with E-state index in [1.165, 1.54) is 36.8 Å². The average Bonchev–Trinajstić information content (AvgIpc) is 2.47. The molecule has 1 heterocycles. The Morgan fingerprint density at radius 3 is 2.95 bits per heavy atom. The molecule has 1 saturated carbocycles. The molecule has 1 aliphatic carbocycles. The van der Waals surface area contributed by atoms with Gasteiger partial charge in [-0.2, -0.15) is 0 Å². The maximum atomic E-state index is 6.11. The lowest BCUT2D eigenvalue weighted by Crippen LogP contribution is -2.59. The Morgan fingerprint density at radius 2 is 2.11 bits per heavy atom. The van der Waals surface area contributed by atoms with Gasteiger partial charge in [0.2, 0.25) is 0 Å². The van der Waals surface area contributed by atoms with Gasteiger partial charge in [-0.05, 0) is 29.9 Å². The van der Waals surface area contributed by atoms with E-state index in [-0.39, 0.29) is 5.54 Å². The smallest absolute Gasteiger partial charge is 0.0799 e. The van der Waals surface area contributed by atoms with Gasteiger partial charge in [-0.3, -0.25) is 0 Å². The number of fused-ring (bicyclic) bond motifs is 1. The fourth-order valence-electron chi connectivity index (χ4n) is 3.85. The predicted octanol–water partition coefficient (Wildman–Crippen LogP) is 3.57. The molecular weight excluding hydrogens is 234 g/mol. The number of ether oxygens (including phenoxy) is 1. The van der Waals surface area contributed by atoms with Gasteiger partial charge in [0, 0.05) is 6.54 Å². The van der Waals surface area contributed by atoms with Crippen molar-refractivity contribution in [2.45, 2.75) is 57.1 Å². The van der Waals surface area contributed by atoms with E-state index in [1.54, 1.807) is 0 Å². The molecule has 1 aromatic rings. The van der Waals surface area contributed by atoms with Crippen LogP contribution in [0, 0.1) is 0 Å². The minimum absolute atomic E-state index is 0.0668. The third kappa shape index (κ3) is 2.21. The van der Waals surface area contributed by atoms with E-state index < -0.39 is 0 Å². The highest BCUT2D eigenvalue weighted by molar-refractivity contribution is 5.38. The largest absolute Gasteiger partial charge is 0.375 e. The molecule has 2 atom stereocenters. The summed E-state index contributed by atoms with van der Waals surface area (Å²) in [4.78, 5) is 0. The molecular formula is C17H25NO. The summed E-state index contributed by atoms with van der Waals surface area (Å²) in [5.41, 5.74) is 3.03. The summed E-state index contributed by atoms with van der Waals surface area (Å²) in [7, 11) is 0. The summed E-state index contributed by atoms with van der Waals surface area (Å²) < 4.78 is 6.11. The summed E-state index contributed by atoms with van der Waals surface area (Å²) in [5, 5.41) is 3.82. The van der Waals surface area contributed by atoms with E-state index in [2.05, 4.69) is 43.4 Å². The quantitative estimate of drug-likeness (QED) is 0.876. The predicted molar refractivity (Wildman–Crippen MR) is 78.4 cm³/mol. The van der Waals surface area contributed by atoms with Crippen LogP contribution in [0.2, 0.25) is 0 Å². The SMILES string of the molecule is CC(C)c1ccccc1C12CCCCC1OCCN2. The van der Waals surface area contributed by atoms with E-state index in [9.17, 15) is 0 Å². The molecule has 0 radical (unpaired) electrons. The van der Waals surface area contributed by atoms with E-state index in [1.807, 2.05) is 0 Å². The molecule has 19 heavy (non-hydrogen) atoms. The first kappa shape index (κ1) is 13.1. The number of hydrogen-bond acceptors (Lipinski definition) is 2. The lowest BCUT2D eigenvalue weighted by molar-refractivity contribution is -0.0760. The lowest BCUT2D eigenvalue weighted by Gasteiger charge is -2.49. The van der Waals surface area contributed by atoms with Crippen molar-refractivity contribution < 1.29 is 4.74 Å².